The predicted octanol–water partition coefficient (Wildman–Crippen LogP) is 1.82. The van der Waals surface area contributed by atoms with Gasteiger partial charge in [0.05, 0.1) is 19.8 Å². The van der Waals surface area contributed by atoms with E-state index in [9.17, 15) is 29.8 Å². The molecule has 0 radical (unpaired) electrons. The van der Waals surface area contributed by atoms with Crippen molar-refractivity contribution in [3.63, 3.8) is 0 Å². The van der Waals surface area contributed by atoms with Crippen LogP contribution >= 0.6 is 0 Å². The summed E-state index contributed by atoms with van der Waals surface area (Å²) < 4.78 is 21.7. The Labute approximate surface area is 223 Å². The van der Waals surface area contributed by atoms with Crippen LogP contribution in [0.2, 0.25) is 0 Å². The maximum Gasteiger partial charge on any atom is 0.332 e. The minimum absolute atomic E-state index is 0.0494. The lowest BCUT2D eigenvalue weighted by molar-refractivity contribution is -0.758. The summed E-state index contributed by atoms with van der Waals surface area (Å²) in [5.74, 6) is -0.656. The Hall–Kier alpha value is -4.24. The molecule has 0 aliphatic heterocycles. The van der Waals surface area contributed by atoms with Crippen molar-refractivity contribution in [3.05, 3.63) is 62.7 Å². The minimum atomic E-state index is -0.973. The number of nitrogens with zero attached hydrogens (tertiary/aromatic N) is 3. The fourth-order valence-electron chi connectivity index (χ4n) is 3.41. The molecule has 0 saturated carbocycles. The molecule has 0 heterocycles. The fourth-order valence-corrected chi connectivity index (χ4v) is 3.41. The number of carbonyl (C=O) groups is 2. The first-order chi connectivity index (χ1) is 18.7. The van der Waals surface area contributed by atoms with Crippen LogP contribution in [0.3, 0.4) is 0 Å². The van der Waals surface area contributed by atoms with Crippen molar-refractivity contribution in [1.82, 2.24) is 4.90 Å². The van der Waals surface area contributed by atoms with E-state index in [0.717, 1.165) is 10.8 Å². The summed E-state index contributed by atoms with van der Waals surface area (Å²) in [7, 11) is 0. The van der Waals surface area contributed by atoms with Gasteiger partial charge in [0.25, 0.3) is 10.2 Å². The molecule has 0 spiro atoms. The molecule has 0 aliphatic rings. The third kappa shape index (κ3) is 11.8. The Morgan fingerprint density at radius 2 is 1.49 bits per heavy atom. The third-order valence-corrected chi connectivity index (χ3v) is 5.11. The van der Waals surface area contributed by atoms with Gasteiger partial charge in [-0.25, -0.2) is 4.79 Å². The van der Waals surface area contributed by atoms with Gasteiger partial charge in [-0.1, -0.05) is 36.4 Å². The smallest absolute Gasteiger partial charge is 0.332 e. The molecule has 39 heavy (non-hydrogen) atoms. The Kier molecular flexibility index (Phi) is 13.2. The van der Waals surface area contributed by atoms with Gasteiger partial charge in [-0.3, -0.25) is 4.79 Å². The summed E-state index contributed by atoms with van der Waals surface area (Å²) in [6.07, 6.45) is -0.917. The topological polar surface area (TPSA) is 179 Å². The molecule has 1 unspecified atom stereocenters. The molecule has 1 atom stereocenters. The van der Waals surface area contributed by atoms with E-state index in [1.54, 1.807) is 19.9 Å². The number of hydrogen-bond donors (Lipinski definition) is 0. The molecule has 0 bridgehead atoms. The SMILES string of the molecule is CC(C)N(CC(COc1cccc2ccccc12)OC(=O)COCCO[N+](=O)[O-])C(=O)COCCO[N+](=O)[O-]. The number of fused-ring (bicyclic) bond motifs is 1. The van der Waals surface area contributed by atoms with Crippen LogP contribution in [-0.2, 0) is 33.5 Å². The van der Waals surface area contributed by atoms with Gasteiger partial charge in [-0.2, -0.15) is 0 Å². The van der Waals surface area contributed by atoms with Crippen LogP contribution in [0.1, 0.15) is 13.8 Å². The Morgan fingerprint density at radius 3 is 2.13 bits per heavy atom. The standard InChI is InChI=1S/C24H31N3O12/c1-18(2)25(23(28)16-34-10-12-37-26(30)31)14-20(39-24(29)17-35-11-13-38-27(32)33)15-36-22-9-5-7-19-6-3-4-8-21(19)22/h3-9,18,20H,10-17H2,1-2H3. The molecule has 0 N–H and O–H groups in total. The zero-order valence-corrected chi connectivity index (χ0v) is 21.6. The van der Waals surface area contributed by atoms with Gasteiger partial charge < -0.3 is 33.5 Å². The molecule has 1 amide bonds. The number of ether oxygens (including phenoxy) is 4. The highest BCUT2D eigenvalue weighted by Gasteiger charge is 2.25. The van der Waals surface area contributed by atoms with E-state index in [2.05, 4.69) is 9.68 Å². The molecular formula is C24H31N3O12. The van der Waals surface area contributed by atoms with E-state index in [1.807, 2.05) is 36.4 Å². The number of benzene rings is 2. The first-order valence-corrected chi connectivity index (χ1v) is 12.0. The van der Waals surface area contributed by atoms with E-state index in [1.165, 1.54) is 4.90 Å². The normalized spacial score (nSPS) is 11.6. The predicted molar refractivity (Wildman–Crippen MR) is 134 cm³/mol. The van der Waals surface area contributed by atoms with Crippen molar-refractivity contribution < 1.29 is 48.4 Å². The van der Waals surface area contributed by atoms with Gasteiger partial charge in [0.1, 0.15) is 38.8 Å². The van der Waals surface area contributed by atoms with Crippen molar-refractivity contribution in [2.75, 3.05) is 52.8 Å². The van der Waals surface area contributed by atoms with Crippen molar-refractivity contribution >= 4 is 22.6 Å². The van der Waals surface area contributed by atoms with Crippen LogP contribution in [0.4, 0.5) is 0 Å². The molecular weight excluding hydrogens is 522 g/mol. The van der Waals surface area contributed by atoms with Crippen molar-refractivity contribution in [1.29, 1.82) is 0 Å². The number of hydrogen-bond acceptors (Lipinski definition) is 12. The highest BCUT2D eigenvalue weighted by atomic mass is 17.0. The van der Waals surface area contributed by atoms with Crippen LogP contribution in [0.25, 0.3) is 10.8 Å². The van der Waals surface area contributed by atoms with E-state index >= 15 is 0 Å². The maximum absolute atomic E-state index is 12.8. The lowest BCUT2D eigenvalue weighted by atomic mass is 10.1. The second-order valence-electron chi connectivity index (χ2n) is 8.26. The van der Waals surface area contributed by atoms with Crippen LogP contribution in [0.5, 0.6) is 5.75 Å². The van der Waals surface area contributed by atoms with Crippen LogP contribution < -0.4 is 4.74 Å². The average Bonchev–Trinajstić information content (AvgIpc) is 2.89. The molecule has 2 aromatic carbocycles. The second kappa shape index (κ2) is 16.6. The van der Waals surface area contributed by atoms with Crippen LogP contribution in [0, 0.1) is 20.2 Å². The van der Waals surface area contributed by atoms with Crippen molar-refractivity contribution in [3.8, 4) is 5.75 Å². The van der Waals surface area contributed by atoms with Gasteiger partial charge in [0.2, 0.25) is 5.91 Å². The summed E-state index contributed by atoms with van der Waals surface area (Å²) in [4.78, 5) is 55.3. The van der Waals surface area contributed by atoms with Crippen molar-refractivity contribution in [2.24, 2.45) is 0 Å². The molecule has 0 saturated heterocycles. The van der Waals surface area contributed by atoms with Crippen molar-refractivity contribution in [2.45, 2.75) is 26.0 Å². The first-order valence-electron chi connectivity index (χ1n) is 12.0. The van der Waals surface area contributed by atoms with Gasteiger partial charge >= 0.3 is 5.97 Å². The maximum atomic E-state index is 12.8. The summed E-state index contributed by atoms with van der Waals surface area (Å²) in [5.41, 5.74) is 0. The molecule has 214 valence electrons. The summed E-state index contributed by atoms with van der Waals surface area (Å²) in [5, 5.41) is 20.3. The molecule has 15 nitrogen and oxygen atoms in total. The average molecular weight is 554 g/mol. The molecule has 0 aromatic heterocycles. The van der Waals surface area contributed by atoms with E-state index < -0.39 is 34.8 Å². The Bertz CT molecular complexity index is 1090. The number of esters is 1. The van der Waals surface area contributed by atoms with Gasteiger partial charge in [0, 0.05) is 11.4 Å². The summed E-state index contributed by atoms with van der Waals surface area (Å²) >= 11 is 0. The van der Waals surface area contributed by atoms with Gasteiger partial charge in [0.15, 0.2) is 6.10 Å². The fraction of sp³-hybridized carbons (Fsp3) is 0.500. The Balaban J connectivity index is 2.04. The Morgan fingerprint density at radius 1 is 0.872 bits per heavy atom. The molecule has 15 heteroatoms. The molecule has 2 rings (SSSR count). The minimum Gasteiger partial charge on any atom is -0.489 e. The summed E-state index contributed by atoms with van der Waals surface area (Å²) in [6.45, 7) is 1.45. The molecule has 0 fully saturated rings. The number of amides is 1. The highest BCUT2D eigenvalue weighted by Crippen LogP contribution is 2.25. The third-order valence-electron chi connectivity index (χ3n) is 5.11. The van der Waals surface area contributed by atoms with Crippen LogP contribution in [0.15, 0.2) is 42.5 Å². The largest absolute Gasteiger partial charge is 0.489 e. The van der Waals surface area contributed by atoms with Gasteiger partial charge in [-0.05, 0) is 25.3 Å². The summed E-state index contributed by atoms with van der Waals surface area (Å²) in [6, 6.07) is 12.8. The van der Waals surface area contributed by atoms with Gasteiger partial charge in [-0.15, -0.1) is 20.2 Å². The number of carbonyl (C=O) groups excluding carboxylic acids is 2. The lowest BCUT2D eigenvalue weighted by Crippen LogP contribution is -2.47. The molecule has 0 aliphatic carbocycles. The monoisotopic (exact) mass is 553 g/mol. The van der Waals surface area contributed by atoms with E-state index in [0.29, 0.717) is 5.75 Å². The zero-order chi connectivity index (χ0) is 28.6. The zero-order valence-electron chi connectivity index (χ0n) is 21.6. The van der Waals surface area contributed by atoms with E-state index in [4.69, 9.17) is 18.9 Å². The second-order valence-corrected chi connectivity index (χ2v) is 8.26. The first kappa shape index (κ1) is 31.0. The van der Waals surface area contributed by atoms with Crippen LogP contribution in [-0.4, -0.2) is 91.9 Å². The highest BCUT2D eigenvalue weighted by molar-refractivity contribution is 5.88. The molecule has 2 aromatic rings. The number of rotatable bonds is 19. The lowest BCUT2D eigenvalue weighted by Gasteiger charge is -2.30. The quantitative estimate of drug-likeness (QED) is 0.107. The van der Waals surface area contributed by atoms with E-state index in [-0.39, 0.29) is 52.2 Å².